The Hall–Kier alpha value is -2.38. The molecule has 0 saturated heterocycles. The first-order chi connectivity index (χ1) is 10.4. The van der Waals surface area contributed by atoms with Crippen LogP contribution in [0, 0.1) is 5.92 Å². The van der Waals surface area contributed by atoms with E-state index in [1.807, 2.05) is 18.2 Å². The molecule has 0 aromatic heterocycles. The maximum atomic E-state index is 5.93. The van der Waals surface area contributed by atoms with E-state index in [-0.39, 0.29) is 0 Å². The first-order valence-corrected chi connectivity index (χ1v) is 7.16. The largest absolute Gasteiger partial charge is 0.326 e. The van der Waals surface area contributed by atoms with Gasteiger partial charge in [-0.1, -0.05) is 84.9 Å². The van der Waals surface area contributed by atoms with Gasteiger partial charge in [0.25, 0.3) is 0 Å². The van der Waals surface area contributed by atoms with Gasteiger partial charge in [0.1, 0.15) is 0 Å². The lowest BCUT2D eigenvalue weighted by molar-refractivity contribution is 1.04. The molecule has 0 aliphatic carbocycles. The summed E-state index contributed by atoms with van der Waals surface area (Å²) in [7, 11) is 0. The van der Waals surface area contributed by atoms with Gasteiger partial charge >= 0.3 is 0 Å². The fraction of sp³-hybridized carbons (Fsp3) is 0.0500. The summed E-state index contributed by atoms with van der Waals surface area (Å²) in [6.07, 6.45) is 0. The quantitative estimate of drug-likeness (QED) is 0.709. The summed E-state index contributed by atoms with van der Waals surface area (Å²) in [5.74, 6) is 1.23. The van der Waals surface area contributed by atoms with Gasteiger partial charge in [-0.15, -0.1) is 0 Å². The highest BCUT2D eigenvalue weighted by atomic mass is 14.5. The van der Waals surface area contributed by atoms with Crippen LogP contribution in [0.5, 0.6) is 0 Å². The van der Waals surface area contributed by atoms with Gasteiger partial charge in [-0.3, -0.25) is 0 Å². The molecule has 0 atom stereocenters. The smallest absolute Gasteiger partial charge is 0.0632 e. The van der Waals surface area contributed by atoms with Crippen molar-refractivity contribution in [2.24, 2.45) is 5.73 Å². The van der Waals surface area contributed by atoms with Gasteiger partial charge < -0.3 is 5.73 Å². The summed E-state index contributed by atoms with van der Waals surface area (Å²) >= 11 is 0. The molecule has 3 aromatic carbocycles. The summed E-state index contributed by atoms with van der Waals surface area (Å²) in [5.41, 5.74) is 10.7. The molecule has 0 fully saturated rings. The fourth-order valence-corrected chi connectivity index (χ4v) is 2.63. The number of hydrogen-bond acceptors (Lipinski definition) is 1. The van der Waals surface area contributed by atoms with Crippen molar-refractivity contribution >= 4 is 0 Å². The second-order valence-corrected chi connectivity index (χ2v) is 4.97. The van der Waals surface area contributed by atoms with Crippen LogP contribution < -0.4 is 5.73 Å². The van der Waals surface area contributed by atoms with Gasteiger partial charge in [0, 0.05) is 6.54 Å². The maximum Gasteiger partial charge on any atom is 0.0632 e. The zero-order chi connectivity index (χ0) is 14.5. The summed E-state index contributed by atoms with van der Waals surface area (Å²) in [4.78, 5) is 0. The molecule has 0 heterocycles. The average Bonchev–Trinajstić information content (AvgIpc) is 2.58. The van der Waals surface area contributed by atoms with Crippen LogP contribution in [-0.2, 0) is 6.54 Å². The van der Waals surface area contributed by atoms with Crippen LogP contribution in [-0.4, -0.2) is 0 Å². The minimum absolute atomic E-state index is 0.541. The van der Waals surface area contributed by atoms with E-state index in [1.54, 1.807) is 0 Å². The topological polar surface area (TPSA) is 26.0 Å². The van der Waals surface area contributed by atoms with Crippen molar-refractivity contribution in [3.63, 3.8) is 0 Å². The molecule has 21 heavy (non-hydrogen) atoms. The molecule has 0 spiro atoms. The highest BCUT2D eigenvalue weighted by Gasteiger charge is 2.19. The van der Waals surface area contributed by atoms with Gasteiger partial charge in [-0.25, -0.2) is 0 Å². The van der Waals surface area contributed by atoms with E-state index in [4.69, 9.17) is 5.73 Å². The lowest BCUT2D eigenvalue weighted by Crippen LogP contribution is -2.09. The SMILES string of the molecule is NCc1ccccc1[C](c1ccccc1)c1ccccc1. The van der Waals surface area contributed by atoms with Crippen LogP contribution >= 0.6 is 0 Å². The molecular weight excluding hydrogens is 254 g/mol. The number of benzene rings is 3. The second kappa shape index (κ2) is 6.38. The normalized spacial score (nSPS) is 10.8. The Bertz CT molecular complexity index is 650. The van der Waals surface area contributed by atoms with E-state index in [2.05, 4.69) is 66.7 Å². The zero-order valence-electron chi connectivity index (χ0n) is 11.9. The van der Waals surface area contributed by atoms with Crippen LogP contribution in [0.15, 0.2) is 84.9 Å². The highest BCUT2D eigenvalue weighted by molar-refractivity contribution is 5.59. The molecule has 2 N–H and O–H groups in total. The minimum atomic E-state index is 0.541. The molecule has 3 rings (SSSR count). The van der Waals surface area contributed by atoms with Crippen LogP contribution in [0.1, 0.15) is 22.3 Å². The van der Waals surface area contributed by atoms with Gasteiger partial charge in [-0.05, 0) is 22.3 Å². The van der Waals surface area contributed by atoms with Crippen LogP contribution in [0.3, 0.4) is 0 Å². The van der Waals surface area contributed by atoms with Crippen LogP contribution in [0.2, 0.25) is 0 Å². The van der Waals surface area contributed by atoms with E-state index in [1.165, 1.54) is 28.2 Å². The van der Waals surface area contributed by atoms with Crippen molar-refractivity contribution in [3.8, 4) is 0 Å². The Balaban J connectivity index is 2.17. The minimum Gasteiger partial charge on any atom is -0.326 e. The molecule has 1 nitrogen and oxygen atoms in total. The van der Waals surface area contributed by atoms with Crippen molar-refractivity contribution in [3.05, 3.63) is 113 Å². The van der Waals surface area contributed by atoms with Crippen LogP contribution in [0.4, 0.5) is 0 Å². The monoisotopic (exact) mass is 272 g/mol. The Labute approximate surface area is 126 Å². The van der Waals surface area contributed by atoms with Crippen molar-refractivity contribution in [2.75, 3.05) is 0 Å². The standard InChI is InChI=1S/C20H18N/c21-15-18-13-7-8-14-19(18)20(16-9-3-1-4-10-16)17-11-5-2-6-12-17/h1-14H,15,21H2. The Morgan fingerprint density at radius 3 is 1.62 bits per heavy atom. The third-order valence-corrected chi connectivity index (χ3v) is 3.63. The lowest BCUT2D eigenvalue weighted by Gasteiger charge is -2.20. The Kier molecular flexibility index (Phi) is 4.13. The molecule has 0 bridgehead atoms. The van der Waals surface area contributed by atoms with Gasteiger partial charge in [0.2, 0.25) is 0 Å². The molecule has 1 radical (unpaired) electrons. The van der Waals surface area contributed by atoms with Crippen molar-refractivity contribution in [1.29, 1.82) is 0 Å². The molecule has 0 aliphatic rings. The molecule has 0 amide bonds. The molecular formula is C20H18N. The number of rotatable bonds is 4. The first-order valence-electron chi connectivity index (χ1n) is 7.16. The molecule has 3 aromatic rings. The highest BCUT2D eigenvalue weighted by Crippen LogP contribution is 2.32. The summed E-state index contributed by atoms with van der Waals surface area (Å²) < 4.78 is 0. The molecule has 0 aliphatic heterocycles. The van der Waals surface area contributed by atoms with Gasteiger partial charge in [0.05, 0.1) is 5.92 Å². The van der Waals surface area contributed by atoms with Crippen molar-refractivity contribution in [1.82, 2.24) is 0 Å². The molecule has 1 heteroatoms. The molecule has 0 unspecified atom stereocenters. The summed E-state index contributed by atoms with van der Waals surface area (Å²) in [5, 5.41) is 0. The molecule has 0 saturated carbocycles. The first kappa shape index (κ1) is 13.6. The van der Waals surface area contributed by atoms with E-state index in [0.717, 1.165) is 0 Å². The fourth-order valence-electron chi connectivity index (χ4n) is 2.63. The van der Waals surface area contributed by atoms with Gasteiger partial charge in [-0.2, -0.15) is 0 Å². The summed E-state index contributed by atoms with van der Waals surface area (Å²) in [6, 6.07) is 29.3. The third kappa shape index (κ3) is 2.88. The molecule has 103 valence electrons. The van der Waals surface area contributed by atoms with Crippen molar-refractivity contribution in [2.45, 2.75) is 6.54 Å². The number of nitrogens with two attached hydrogens (primary N) is 1. The Morgan fingerprint density at radius 1 is 0.619 bits per heavy atom. The van der Waals surface area contributed by atoms with E-state index < -0.39 is 0 Å². The summed E-state index contributed by atoms with van der Waals surface area (Å²) in [6.45, 7) is 0.541. The van der Waals surface area contributed by atoms with E-state index >= 15 is 0 Å². The lowest BCUT2D eigenvalue weighted by atomic mass is 9.83. The van der Waals surface area contributed by atoms with E-state index in [9.17, 15) is 0 Å². The second-order valence-electron chi connectivity index (χ2n) is 4.97. The maximum absolute atomic E-state index is 5.93. The predicted octanol–water partition coefficient (Wildman–Crippen LogP) is 4.16. The predicted molar refractivity (Wildman–Crippen MR) is 87.8 cm³/mol. The zero-order valence-corrected chi connectivity index (χ0v) is 11.9. The third-order valence-electron chi connectivity index (χ3n) is 3.63. The van der Waals surface area contributed by atoms with Crippen LogP contribution in [0.25, 0.3) is 0 Å². The van der Waals surface area contributed by atoms with Gasteiger partial charge in [0.15, 0.2) is 0 Å². The average molecular weight is 272 g/mol. The Morgan fingerprint density at radius 2 is 1.10 bits per heavy atom. The number of hydrogen-bond donors (Lipinski definition) is 1. The van der Waals surface area contributed by atoms with E-state index in [0.29, 0.717) is 6.54 Å². The van der Waals surface area contributed by atoms with Crippen molar-refractivity contribution < 1.29 is 0 Å².